The van der Waals surface area contributed by atoms with Crippen molar-refractivity contribution in [2.24, 2.45) is 10.7 Å². The molecule has 0 bridgehead atoms. The number of imidazole rings is 1. The van der Waals surface area contributed by atoms with Crippen LogP contribution in [0.4, 0.5) is 5.82 Å². The highest BCUT2D eigenvalue weighted by Gasteiger charge is 2.45. The lowest BCUT2D eigenvalue weighted by molar-refractivity contribution is -0.160. The molecule has 5 N–H and O–H groups in total. The van der Waals surface area contributed by atoms with Crippen molar-refractivity contribution >= 4 is 11.7 Å². The quantitative estimate of drug-likeness (QED) is 0.524. The second kappa shape index (κ2) is 4.70. The standard InChI is InChI=1S/C11H17N5O4/c1-4-14-8(12)5-9(15-4)16(3-13-5)10-6(17)7(18)11(19-2)20-10/h3-4,6-7,10-11,15,17-18H,1-2H3,(H2,12,14). The molecule has 0 aliphatic carbocycles. The largest absolute Gasteiger partial charge is 0.385 e. The number of aliphatic imine (C=N–C) groups is 1. The molecule has 0 spiro atoms. The van der Waals surface area contributed by atoms with Gasteiger partial charge in [-0.05, 0) is 6.92 Å². The summed E-state index contributed by atoms with van der Waals surface area (Å²) in [5.74, 6) is 0.916. The molecule has 20 heavy (non-hydrogen) atoms. The van der Waals surface area contributed by atoms with E-state index in [1.807, 2.05) is 6.92 Å². The SMILES string of the molecule is COC1OC(n2cnc3c2NC(C)N=C3N)C(O)C1O. The maximum atomic E-state index is 10.1. The fourth-order valence-corrected chi connectivity index (χ4v) is 2.44. The summed E-state index contributed by atoms with van der Waals surface area (Å²) in [6.07, 6.45) is -2.68. The molecule has 2 aliphatic rings. The Kier molecular flexibility index (Phi) is 3.13. The molecule has 9 nitrogen and oxygen atoms in total. The Labute approximate surface area is 115 Å². The van der Waals surface area contributed by atoms with E-state index in [0.29, 0.717) is 17.3 Å². The molecular formula is C11H17N5O4. The molecule has 3 heterocycles. The first-order valence-corrected chi connectivity index (χ1v) is 6.24. The zero-order chi connectivity index (χ0) is 14.4. The number of fused-ring (bicyclic) bond motifs is 1. The summed E-state index contributed by atoms with van der Waals surface area (Å²) in [4.78, 5) is 8.32. The van der Waals surface area contributed by atoms with Gasteiger partial charge in [-0.1, -0.05) is 0 Å². The Bertz CT molecular complexity index is 545. The Hall–Kier alpha value is -1.68. The van der Waals surface area contributed by atoms with E-state index < -0.39 is 24.7 Å². The van der Waals surface area contributed by atoms with Crippen molar-refractivity contribution in [1.82, 2.24) is 9.55 Å². The second-order valence-electron chi connectivity index (χ2n) is 4.80. The molecule has 110 valence electrons. The van der Waals surface area contributed by atoms with E-state index in [9.17, 15) is 10.2 Å². The number of nitrogens with two attached hydrogens (primary N) is 1. The fraction of sp³-hybridized carbons (Fsp3) is 0.636. The van der Waals surface area contributed by atoms with E-state index in [4.69, 9.17) is 15.2 Å². The summed E-state index contributed by atoms with van der Waals surface area (Å²) in [6, 6.07) is 0. The summed E-state index contributed by atoms with van der Waals surface area (Å²) >= 11 is 0. The molecule has 1 aromatic rings. The van der Waals surface area contributed by atoms with Crippen molar-refractivity contribution in [3.63, 3.8) is 0 Å². The molecule has 1 aromatic heterocycles. The highest BCUT2D eigenvalue weighted by molar-refractivity contribution is 6.01. The van der Waals surface area contributed by atoms with E-state index >= 15 is 0 Å². The predicted molar refractivity (Wildman–Crippen MR) is 69.0 cm³/mol. The first-order chi connectivity index (χ1) is 9.52. The molecule has 0 aromatic carbocycles. The number of hydrogen-bond donors (Lipinski definition) is 4. The Morgan fingerprint density at radius 3 is 2.85 bits per heavy atom. The summed E-state index contributed by atoms with van der Waals surface area (Å²) in [5, 5.41) is 23.0. The van der Waals surface area contributed by atoms with Crippen LogP contribution in [0.15, 0.2) is 11.3 Å². The number of ether oxygens (including phenoxy) is 2. The van der Waals surface area contributed by atoms with Crippen molar-refractivity contribution in [2.45, 2.75) is 37.8 Å². The number of hydrogen-bond acceptors (Lipinski definition) is 8. The lowest BCUT2D eigenvalue weighted by Crippen LogP contribution is -2.33. The maximum Gasteiger partial charge on any atom is 0.188 e. The van der Waals surface area contributed by atoms with Crippen LogP contribution in [-0.2, 0) is 9.47 Å². The number of nitrogens with zero attached hydrogens (tertiary/aromatic N) is 3. The third-order valence-electron chi connectivity index (χ3n) is 3.42. The van der Waals surface area contributed by atoms with Gasteiger partial charge < -0.3 is 30.7 Å². The van der Waals surface area contributed by atoms with E-state index in [-0.39, 0.29) is 6.17 Å². The van der Waals surface area contributed by atoms with Gasteiger partial charge in [-0.25, -0.2) is 9.98 Å². The summed E-state index contributed by atoms with van der Waals surface area (Å²) in [6.45, 7) is 1.84. The molecule has 2 aliphatic heterocycles. The van der Waals surface area contributed by atoms with Crippen LogP contribution >= 0.6 is 0 Å². The van der Waals surface area contributed by atoms with E-state index in [2.05, 4.69) is 15.3 Å². The van der Waals surface area contributed by atoms with Gasteiger partial charge in [0.1, 0.15) is 29.9 Å². The third-order valence-corrected chi connectivity index (χ3v) is 3.42. The normalized spacial score (nSPS) is 36.4. The van der Waals surface area contributed by atoms with E-state index in [0.717, 1.165) is 0 Å². The number of nitrogens with one attached hydrogen (secondary N) is 1. The van der Waals surface area contributed by atoms with Crippen LogP contribution in [0.25, 0.3) is 0 Å². The summed E-state index contributed by atoms with van der Waals surface area (Å²) in [5.41, 5.74) is 6.32. The van der Waals surface area contributed by atoms with Crippen molar-refractivity contribution in [2.75, 3.05) is 12.4 Å². The molecular weight excluding hydrogens is 266 g/mol. The van der Waals surface area contributed by atoms with Gasteiger partial charge in [-0.2, -0.15) is 0 Å². The van der Waals surface area contributed by atoms with E-state index in [1.54, 1.807) is 4.57 Å². The van der Waals surface area contributed by atoms with Gasteiger partial charge >= 0.3 is 0 Å². The first kappa shape index (κ1) is 13.3. The van der Waals surface area contributed by atoms with Crippen LogP contribution in [0.2, 0.25) is 0 Å². The lowest BCUT2D eigenvalue weighted by atomic mass is 10.2. The van der Waals surface area contributed by atoms with E-state index in [1.165, 1.54) is 13.4 Å². The Morgan fingerprint density at radius 2 is 2.20 bits per heavy atom. The minimum Gasteiger partial charge on any atom is -0.385 e. The minimum absolute atomic E-state index is 0.209. The topological polar surface area (TPSA) is 127 Å². The van der Waals surface area contributed by atoms with Crippen molar-refractivity contribution in [3.8, 4) is 0 Å². The molecule has 5 atom stereocenters. The third kappa shape index (κ3) is 1.86. The number of methoxy groups -OCH3 is 1. The smallest absolute Gasteiger partial charge is 0.188 e. The van der Waals surface area contributed by atoms with Crippen molar-refractivity contribution < 1.29 is 19.7 Å². The lowest BCUT2D eigenvalue weighted by Gasteiger charge is -2.23. The highest BCUT2D eigenvalue weighted by Crippen LogP contribution is 2.34. The number of amidine groups is 1. The predicted octanol–water partition coefficient (Wildman–Crippen LogP) is -1.42. The molecule has 0 saturated carbocycles. The van der Waals surface area contributed by atoms with Gasteiger partial charge in [0, 0.05) is 7.11 Å². The van der Waals surface area contributed by atoms with Crippen LogP contribution in [0.3, 0.4) is 0 Å². The number of aliphatic hydroxyl groups is 2. The Morgan fingerprint density at radius 1 is 1.45 bits per heavy atom. The molecule has 1 saturated heterocycles. The average molecular weight is 283 g/mol. The summed E-state index contributed by atoms with van der Waals surface area (Å²) < 4.78 is 12.1. The molecule has 0 radical (unpaired) electrons. The van der Waals surface area contributed by atoms with Crippen molar-refractivity contribution in [1.29, 1.82) is 0 Å². The molecule has 3 rings (SSSR count). The summed E-state index contributed by atoms with van der Waals surface area (Å²) in [7, 11) is 1.40. The molecule has 1 fully saturated rings. The van der Waals surface area contributed by atoms with Crippen molar-refractivity contribution in [3.05, 3.63) is 12.0 Å². The zero-order valence-electron chi connectivity index (χ0n) is 11.1. The van der Waals surface area contributed by atoms with Gasteiger partial charge in [0.15, 0.2) is 18.4 Å². The number of rotatable bonds is 2. The van der Waals surface area contributed by atoms with Crippen LogP contribution in [0.5, 0.6) is 0 Å². The minimum atomic E-state index is -1.13. The van der Waals surface area contributed by atoms with Crippen LogP contribution in [0.1, 0.15) is 18.8 Å². The number of aromatic nitrogens is 2. The van der Waals surface area contributed by atoms with Crippen LogP contribution < -0.4 is 11.1 Å². The fourth-order valence-electron chi connectivity index (χ4n) is 2.44. The zero-order valence-corrected chi connectivity index (χ0v) is 11.1. The molecule has 5 unspecified atom stereocenters. The Balaban J connectivity index is 1.95. The molecule has 0 amide bonds. The van der Waals surface area contributed by atoms with Crippen LogP contribution in [-0.4, -0.2) is 57.4 Å². The van der Waals surface area contributed by atoms with Gasteiger partial charge in [0.25, 0.3) is 0 Å². The number of aliphatic hydroxyl groups excluding tert-OH is 2. The highest BCUT2D eigenvalue weighted by atomic mass is 16.7. The maximum absolute atomic E-state index is 10.1. The molecule has 9 heteroatoms. The van der Waals surface area contributed by atoms with Gasteiger partial charge in [-0.3, -0.25) is 4.57 Å². The average Bonchev–Trinajstić information content (AvgIpc) is 2.93. The first-order valence-electron chi connectivity index (χ1n) is 6.24. The van der Waals surface area contributed by atoms with Gasteiger partial charge in [0.2, 0.25) is 0 Å². The van der Waals surface area contributed by atoms with Gasteiger partial charge in [0.05, 0.1) is 6.33 Å². The second-order valence-corrected chi connectivity index (χ2v) is 4.80. The van der Waals surface area contributed by atoms with Gasteiger partial charge in [-0.15, -0.1) is 0 Å². The monoisotopic (exact) mass is 283 g/mol. The van der Waals surface area contributed by atoms with Crippen LogP contribution in [0, 0.1) is 0 Å². The number of anilines is 1.